The van der Waals surface area contributed by atoms with Crippen LogP contribution in [0.2, 0.25) is 10.0 Å². The van der Waals surface area contributed by atoms with E-state index in [0.717, 1.165) is 24.6 Å². The zero-order chi connectivity index (χ0) is 12.3. The van der Waals surface area contributed by atoms with Crippen LogP contribution in [0.25, 0.3) is 0 Å². The topological polar surface area (TPSA) is 40.0 Å². The lowest BCUT2D eigenvalue weighted by atomic mass is 10.2. The lowest BCUT2D eigenvalue weighted by Crippen LogP contribution is -2.32. The van der Waals surface area contributed by atoms with Gasteiger partial charge in [0.25, 0.3) is 0 Å². The van der Waals surface area contributed by atoms with Crippen molar-refractivity contribution < 1.29 is 0 Å². The van der Waals surface area contributed by atoms with Crippen molar-refractivity contribution in [1.29, 1.82) is 0 Å². The monoisotopic (exact) mass is 270 g/mol. The lowest BCUT2D eigenvalue weighted by molar-refractivity contribution is 0.531. The van der Waals surface area contributed by atoms with Gasteiger partial charge in [-0.1, -0.05) is 29.3 Å². The first-order chi connectivity index (χ1) is 8.16. The van der Waals surface area contributed by atoms with Crippen LogP contribution in [-0.4, -0.2) is 37.3 Å². The minimum atomic E-state index is 0.523. The van der Waals surface area contributed by atoms with Crippen molar-refractivity contribution in [2.75, 3.05) is 20.1 Å². The van der Waals surface area contributed by atoms with Gasteiger partial charge in [-0.15, -0.1) is 0 Å². The third-order valence-corrected chi connectivity index (χ3v) is 3.03. The molecular weight excluding hydrogens is 259 g/mol. The van der Waals surface area contributed by atoms with Gasteiger partial charge in [-0.2, -0.15) is 5.10 Å². The molecule has 1 aromatic rings. The smallest absolute Gasteiger partial charge is 0.214 e. The number of halogens is 2. The van der Waals surface area contributed by atoms with E-state index in [4.69, 9.17) is 23.2 Å². The molecule has 1 heterocycles. The van der Waals surface area contributed by atoms with Gasteiger partial charge in [0.05, 0.1) is 22.8 Å². The first-order valence-corrected chi connectivity index (χ1v) is 5.93. The number of hydrogen-bond donors (Lipinski definition) is 1. The Morgan fingerprint density at radius 3 is 2.88 bits per heavy atom. The van der Waals surface area contributed by atoms with E-state index in [1.165, 1.54) is 0 Å². The quantitative estimate of drug-likeness (QED) is 0.661. The number of aliphatic imine (C=N–C) groups is 1. The first-order valence-electron chi connectivity index (χ1n) is 5.18. The molecule has 0 amide bonds. The maximum absolute atomic E-state index is 5.91. The van der Waals surface area contributed by atoms with E-state index >= 15 is 0 Å². The van der Waals surface area contributed by atoms with Gasteiger partial charge in [-0.25, -0.2) is 10.0 Å². The summed E-state index contributed by atoms with van der Waals surface area (Å²) >= 11 is 11.7. The van der Waals surface area contributed by atoms with Crippen LogP contribution in [0.4, 0.5) is 0 Å². The standard InChI is InChI=1S/C11H12Cl2N4/c1-17(11-14-4-5-15-11)16-7-8-2-3-9(12)10(13)6-8/h2-3,6-7H,4-5H2,1H3,(H,14,15)/b16-7+. The van der Waals surface area contributed by atoms with Gasteiger partial charge < -0.3 is 5.32 Å². The molecule has 1 aliphatic rings. The molecule has 0 unspecified atom stereocenters. The summed E-state index contributed by atoms with van der Waals surface area (Å²) in [6.07, 6.45) is 1.71. The van der Waals surface area contributed by atoms with Crippen molar-refractivity contribution in [1.82, 2.24) is 10.3 Å². The Bertz CT molecular complexity index is 471. The predicted molar refractivity (Wildman–Crippen MR) is 72.1 cm³/mol. The molecule has 0 saturated heterocycles. The third kappa shape index (κ3) is 3.11. The van der Waals surface area contributed by atoms with Gasteiger partial charge >= 0.3 is 0 Å². The second-order valence-corrected chi connectivity index (χ2v) is 4.39. The first kappa shape index (κ1) is 12.2. The Balaban J connectivity index is 2.06. The SMILES string of the molecule is CN(/N=C/c1ccc(Cl)c(Cl)c1)C1=NCCN1. The van der Waals surface area contributed by atoms with Gasteiger partial charge in [-0.05, 0) is 17.7 Å². The number of hydrazone groups is 1. The lowest BCUT2D eigenvalue weighted by Gasteiger charge is -2.12. The molecular formula is C11H12Cl2N4. The van der Waals surface area contributed by atoms with Gasteiger partial charge in [0, 0.05) is 13.6 Å². The molecule has 90 valence electrons. The molecule has 1 aromatic carbocycles. The molecule has 0 bridgehead atoms. The molecule has 6 heteroatoms. The summed E-state index contributed by atoms with van der Waals surface area (Å²) in [7, 11) is 1.84. The van der Waals surface area contributed by atoms with E-state index < -0.39 is 0 Å². The summed E-state index contributed by atoms with van der Waals surface area (Å²) in [6, 6.07) is 5.37. The Hall–Kier alpha value is -1.26. The number of rotatable bonds is 2. The van der Waals surface area contributed by atoms with Crippen LogP contribution in [-0.2, 0) is 0 Å². The van der Waals surface area contributed by atoms with Crippen LogP contribution < -0.4 is 5.32 Å². The van der Waals surface area contributed by atoms with Crippen LogP contribution >= 0.6 is 23.2 Å². The largest absolute Gasteiger partial charge is 0.353 e. The number of nitrogens with one attached hydrogen (secondary N) is 1. The molecule has 0 radical (unpaired) electrons. The van der Waals surface area contributed by atoms with E-state index in [1.54, 1.807) is 23.4 Å². The highest BCUT2D eigenvalue weighted by atomic mass is 35.5. The number of benzene rings is 1. The van der Waals surface area contributed by atoms with Gasteiger partial charge in [0.2, 0.25) is 5.96 Å². The molecule has 0 spiro atoms. The van der Waals surface area contributed by atoms with Gasteiger partial charge in [-0.3, -0.25) is 0 Å². The fraction of sp³-hybridized carbons (Fsp3) is 0.273. The normalized spacial score (nSPS) is 14.9. The highest BCUT2D eigenvalue weighted by Gasteiger charge is 2.08. The Kier molecular flexibility index (Phi) is 3.86. The Morgan fingerprint density at radius 2 is 2.24 bits per heavy atom. The number of nitrogens with zero attached hydrogens (tertiary/aromatic N) is 3. The predicted octanol–water partition coefficient (Wildman–Crippen LogP) is 2.22. The van der Waals surface area contributed by atoms with Crippen molar-refractivity contribution in [2.45, 2.75) is 0 Å². The van der Waals surface area contributed by atoms with E-state index in [2.05, 4.69) is 15.4 Å². The van der Waals surface area contributed by atoms with Crippen molar-refractivity contribution in [2.24, 2.45) is 10.1 Å². The van der Waals surface area contributed by atoms with Crippen LogP contribution in [0.15, 0.2) is 28.3 Å². The summed E-state index contributed by atoms with van der Waals surface area (Å²) in [5, 5.41) is 10.1. The van der Waals surface area contributed by atoms with Crippen molar-refractivity contribution >= 4 is 35.4 Å². The van der Waals surface area contributed by atoms with E-state index in [1.807, 2.05) is 13.1 Å². The molecule has 0 aromatic heterocycles. The fourth-order valence-electron chi connectivity index (χ4n) is 1.40. The maximum atomic E-state index is 5.91. The molecule has 1 aliphatic heterocycles. The van der Waals surface area contributed by atoms with Crippen LogP contribution in [0.3, 0.4) is 0 Å². The van der Waals surface area contributed by atoms with E-state index in [9.17, 15) is 0 Å². The molecule has 0 atom stereocenters. The van der Waals surface area contributed by atoms with E-state index in [-0.39, 0.29) is 0 Å². The van der Waals surface area contributed by atoms with Crippen LogP contribution in [0.1, 0.15) is 5.56 Å². The second kappa shape index (κ2) is 5.38. The molecule has 0 saturated carbocycles. The minimum absolute atomic E-state index is 0.523. The fourth-order valence-corrected chi connectivity index (χ4v) is 1.71. The average molecular weight is 271 g/mol. The zero-order valence-corrected chi connectivity index (χ0v) is 10.8. The average Bonchev–Trinajstić information content (AvgIpc) is 2.84. The van der Waals surface area contributed by atoms with E-state index in [0.29, 0.717) is 10.0 Å². The Labute approximate surface area is 110 Å². The number of guanidine groups is 1. The highest BCUT2D eigenvalue weighted by molar-refractivity contribution is 6.42. The summed E-state index contributed by atoms with van der Waals surface area (Å²) in [4.78, 5) is 4.25. The minimum Gasteiger partial charge on any atom is -0.353 e. The second-order valence-electron chi connectivity index (χ2n) is 3.57. The van der Waals surface area contributed by atoms with Crippen LogP contribution in [0, 0.1) is 0 Å². The molecule has 17 heavy (non-hydrogen) atoms. The van der Waals surface area contributed by atoms with Gasteiger partial charge in [0.1, 0.15) is 0 Å². The maximum Gasteiger partial charge on any atom is 0.214 e. The molecule has 0 fully saturated rings. The van der Waals surface area contributed by atoms with Crippen molar-refractivity contribution in [3.63, 3.8) is 0 Å². The summed E-state index contributed by atoms with van der Waals surface area (Å²) in [6.45, 7) is 1.66. The third-order valence-electron chi connectivity index (χ3n) is 2.29. The highest BCUT2D eigenvalue weighted by Crippen LogP contribution is 2.21. The number of hydrogen-bond acceptors (Lipinski definition) is 4. The van der Waals surface area contributed by atoms with Crippen LogP contribution in [0.5, 0.6) is 0 Å². The molecule has 2 rings (SSSR count). The van der Waals surface area contributed by atoms with Crippen molar-refractivity contribution in [3.8, 4) is 0 Å². The molecule has 0 aliphatic carbocycles. The Morgan fingerprint density at radius 1 is 1.41 bits per heavy atom. The summed E-state index contributed by atoms with van der Waals surface area (Å²) in [5.41, 5.74) is 0.893. The molecule has 1 N–H and O–H groups in total. The summed E-state index contributed by atoms with van der Waals surface area (Å²) < 4.78 is 0. The zero-order valence-electron chi connectivity index (χ0n) is 9.32. The van der Waals surface area contributed by atoms with Gasteiger partial charge in [0.15, 0.2) is 0 Å². The summed E-state index contributed by atoms with van der Waals surface area (Å²) in [5.74, 6) is 0.779. The molecule has 4 nitrogen and oxygen atoms in total. The van der Waals surface area contributed by atoms with Crippen molar-refractivity contribution in [3.05, 3.63) is 33.8 Å².